The predicted molar refractivity (Wildman–Crippen MR) is 157 cm³/mol. The van der Waals surface area contributed by atoms with E-state index in [1.54, 1.807) is 26.0 Å². The Kier molecular flexibility index (Phi) is 10.2. The van der Waals surface area contributed by atoms with Crippen molar-refractivity contribution in [3.63, 3.8) is 0 Å². The molecule has 4 rings (SSSR count). The third kappa shape index (κ3) is 8.76. The van der Waals surface area contributed by atoms with Crippen LogP contribution in [-0.4, -0.2) is 50.9 Å². The standard InChI is InChI=1S/C29H34F4N3O8P/c1-17(2)42-25(38)18(3)35-45(40,41-16-23-15-28(4,30)26(43-23)36-14-13-24(37)34-27(36)39)44-22-11-7-20(8-12-22)19-5-9-21(10-6-19)29(31,32)33/h5-14,17-18,23,26,35,40,45H,15-16H2,1-4H3,(H,34,37,39)/t18-,23-,26+,28+/m0/s1. The van der Waals surface area contributed by atoms with E-state index in [2.05, 4.69) is 5.09 Å². The Labute approximate surface area is 255 Å². The Hall–Kier alpha value is -3.62. The maximum atomic E-state index is 15.5. The Balaban J connectivity index is 1.51. The second-order valence-electron chi connectivity index (χ2n) is 11.1. The van der Waals surface area contributed by atoms with Gasteiger partial charge in [-0.1, -0.05) is 0 Å². The number of H-pyrrole nitrogens is 1. The van der Waals surface area contributed by atoms with Crippen LogP contribution in [0.1, 0.15) is 45.9 Å². The number of rotatable bonds is 11. The van der Waals surface area contributed by atoms with E-state index in [-0.39, 0.29) is 12.2 Å². The second kappa shape index (κ2) is 13.4. The van der Waals surface area contributed by atoms with E-state index in [9.17, 15) is 32.4 Å². The molecule has 2 heterocycles. The Morgan fingerprint density at radius 2 is 1.71 bits per heavy atom. The zero-order valence-electron chi connectivity index (χ0n) is 24.8. The van der Waals surface area contributed by atoms with Gasteiger partial charge in [-0.05, 0) is 0 Å². The van der Waals surface area contributed by atoms with Gasteiger partial charge in [0.2, 0.25) is 0 Å². The van der Waals surface area contributed by atoms with Crippen LogP contribution in [0.15, 0.2) is 70.4 Å². The molecule has 3 N–H and O–H groups in total. The summed E-state index contributed by atoms with van der Waals surface area (Å²) in [5, 5.41) is 2.64. The van der Waals surface area contributed by atoms with Crippen molar-refractivity contribution in [1.29, 1.82) is 0 Å². The van der Waals surface area contributed by atoms with E-state index < -0.39 is 73.8 Å². The number of halogens is 4. The van der Waals surface area contributed by atoms with E-state index in [4.69, 9.17) is 18.5 Å². The molecule has 246 valence electrons. The van der Waals surface area contributed by atoms with Crippen LogP contribution < -0.4 is 20.9 Å². The number of alkyl halides is 4. The summed E-state index contributed by atoms with van der Waals surface area (Å²) in [5.41, 5.74) is -3.31. The van der Waals surface area contributed by atoms with E-state index in [1.165, 1.54) is 38.1 Å². The number of carbonyl (C=O) groups is 1. The van der Waals surface area contributed by atoms with E-state index >= 15 is 4.39 Å². The molecule has 0 saturated carbocycles. The van der Waals surface area contributed by atoms with Crippen LogP contribution in [0.2, 0.25) is 0 Å². The molecule has 16 heteroatoms. The monoisotopic (exact) mass is 659 g/mol. The topological polar surface area (TPSA) is 141 Å². The molecule has 11 nitrogen and oxygen atoms in total. The summed E-state index contributed by atoms with van der Waals surface area (Å²) in [5.74, 6) is -0.608. The molecule has 0 unspecified atom stereocenters. The minimum atomic E-state index is -4.52. The van der Waals surface area contributed by atoms with Crippen LogP contribution in [0.4, 0.5) is 17.6 Å². The summed E-state index contributed by atoms with van der Waals surface area (Å²) in [4.78, 5) is 49.7. The Morgan fingerprint density at radius 3 is 2.27 bits per heavy atom. The Bertz CT molecular complexity index is 1590. The number of hydrogen-bond donors (Lipinski definition) is 3. The second-order valence-corrected chi connectivity index (χ2v) is 13.0. The number of hydrogen-bond acceptors (Lipinski definition) is 9. The molecule has 0 bridgehead atoms. The van der Waals surface area contributed by atoms with Gasteiger partial charge in [0.05, 0.1) is 0 Å². The number of aromatic amines is 1. The first kappa shape index (κ1) is 34.3. The van der Waals surface area contributed by atoms with Gasteiger partial charge in [0, 0.05) is 0 Å². The van der Waals surface area contributed by atoms with E-state index in [0.717, 1.165) is 29.0 Å². The average Bonchev–Trinajstić information content (AvgIpc) is 3.25. The van der Waals surface area contributed by atoms with Gasteiger partial charge < -0.3 is 0 Å². The number of ether oxygens (including phenoxy) is 2. The van der Waals surface area contributed by atoms with Crippen molar-refractivity contribution in [3.8, 4) is 16.9 Å². The van der Waals surface area contributed by atoms with E-state index in [1.807, 2.05) is 4.98 Å². The first-order valence-electron chi connectivity index (χ1n) is 13.9. The number of aromatic nitrogens is 2. The van der Waals surface area contributed by atoms with Crippen molar-refractivity contribution in [2.75, 3.05) is 6.61 Å². The molecule has 45 heavy (non-hydrogen) atoms. The van der Waals surface area contributed by atoms with Gasteiger partial charge >= 0.3 is 256 Å². The van der Waals surface area contributed by atoms with Crippen LogP contribution in [-0.2, 0) is 25.0 Å². The molecule has 1 aromatic heterocycles. The summed E-state index contributed by atoms with van der Waals surface area (Å²) in [6.07, 6.45) is -6.44. The molecule has 0 aliphatic carbocycles. The van der Waals surface area contributed by atoms with Crippen molar-refractivity contribution in [2.24, 2.45) is 0 Å². The van der Waals surface area contributed by atoms with Crippen molar-refractivity contribution in [1.82, 2.24) is 14.6 Å². The van der Waals surface area contributed by atoms with Gasteiger partial charge in [0.15, 0.2) is 0 Å². The molecule has 1 aliphatic rings. The summed E-state index contributed by atoms with van der Waals surface area (Å²) in [7, 11) is -4.52. The minimum absolute atomic E-state index is 0.0945. The Morgan fingerprint density at radius 1 is 1.11 bits per heavy atom. The molecule has 0 spiro atoms. The first-order chi connectivity index (χ1) is 21.0. The number of esters is 1. The summed E-state index contributed by atoms with van der Waals surface area (Å²) >= 11 is 0. The van der Waals surface area contributed by atoms with Gasteiger partial charge in [0.1, 0.15) is 0 Å². The zero-order valence-corrected chi connectivity index (χ0v) is 25.8. The maximum absolute atomic E-state index is 15.5. The van der Waals surface area contributed by atoms with Crippen LogP contribution >= 0.6 is 8.09 Å². The first-order valence-corrected chi connectivity index (χ1v) is 15.7. The predicted octanol–water partition coefficient (Wildman–Crippen LogP) is 4.67. The zero-order chi connectivity index (χ0) is 33.2. The van der Waals surface area contributed by atoms with Crippen LogP contribution in [0.3, 0.4) is 0 Å². The normalized spacial score (nSPS) is 21.5. The fraction of sp³-hybridized carbons (Fsp3) is 0.414. The number of carbonyl (C=O) groups excluding carboxylic acids is 1. The van der Waals surface area contributed by atoms with E-state index in [0.29, 0.717) is 11.1 Å². The molecule has 4 atom stereocenters. The van der Waals surface area contributed by atoms with Crippen LogP contribution in [0.25, 0.3) is 11.1 Å². The van der Waals surface area contributed by atoms with Crippen molar-refractivity contribution >= 4 is 14.1 Å². The summed E-state index contributed by atoms with van der Waals surface area (Å²) < 4.78 is 77.6. The third-order valence-corrected chi connectivity index (χ3v) is 8.66. The molecule has 0 amide bonds. The van der Waals surface area contributed by atoms with Crippen molar-refractivity contribution in [2.45, 2.75) is 70.4 Å². The molecule has 2 aromatic carbocycles. The van der Waals surface area contributed by atoms with Gasteiger partial charge in [0.25, 0.3) is 0 Å². The van der Waals surface area contributed by atoms with Gasteiger partial charge in [-0.15, -0.1) is 0 Å². The third-order valence-electron chi connectivity index (χ3n) is 6.79. The SMILES string of the molecule is CC(C)OC(=O)[C@H](C)N[PH](O)(OC[C@@H]1C[C@@](C)(F)[C@H](n2ccc(=O)[nH]c2=O)O1)Oc1ccc(-c2ccc(C(F)(F)F)cc2)cc1. The van der Waals surface area contributed by atoms with Crippen LogP contribution in [0.5, 0.6) is 5.75 Å². The van der Waals surface area contributed by atoms with Gasteiger partial charge in [-0.2, -0.15) is 0 Å². The molecule has 1 aliphatic heterocycles. The van der Waals surface area contributed by atoms with Crippen LogP contribution in [0, 0.1) is 0 Å². The molecule has 0 radical (unpaired) electrons. The fourth-order valence-corrected chi connectivity index (χ4v) is 6.42. The molecule has 1 fully saturated rings. The molecular weight excluding hydrogens is 625 g/mol. The summed E-state index contributed by atoms with van der Waals surface area (Å²) in [6.45, 7) is 5.52. The number of benzene rings is 2. The van der Waals surface area contributed by atoms with Crippen molar-refractivity contribution in [3.05, 3.63) is 87.2 Å². The van der Waals surface area contributed by atoms with Crippen molar-refractivity contribution < 1.29 is 45.8 Å². The number of nitrogens with zero attached hydrogens (tertiary/aromatic N) is 1. The average molecular weight is 660 g/mol. The quantitative estimate of drug-likeness (QED) is 0.152. The molecular formula is C29H34F4N3O8P. The molecule has 3 aromatic rings. The summed E-state index contributed by atoms with van der Waals surface area (Å²) in [6, 6.07) is 10.6. The number of nitrogens with one attached hydrogen (secondary N) is 2. The van der Waals surface area contributed by atoms with Gasteiger partial charge in [-0.25, -0.2) is 0 Å². The van der Waals surface area contributed by atoms with Gasteiger partial charge in [-0.3, -0.25) is 0 Å². The molecule has 1 saturated heterocycles. The fourth-order valence-electron chi connectivity index (χ4n) is 4.68.